The van der Waals surface area contributed by atoms with Crippen LogP contribution in [0.4, 0.5) is 26.3 Å². The highest BCUT2D eigenvalue weighted by Gasteiger charge is 2.33. The van der Waals surface area contributed by atoms with E-state index in [9.17, 15) is 26.3 Å². The molecule has 0 aliphatic carbocycles. The summed E-state index contributed by atoms with van der Waals surface area (Å²) in [6.07, 6.45) is -7.82. The molecule has 0 spiro atoms. The van der Waals surface area contributed by atoms with E-state index in [0.29, 0.717) is 37.8 Å². The number of aromatic nitrogens is 4. The van der Waals surface area contributed by atoms with Gasteiger partial charge in [-0.1, -0.05) is 0 Å². The molecule has 1 saturated heterocycles. The van der Waals surface area contributed by atoms with E-state index in [0.717, 1.165) is 23.9 Å². The van der Waals surface area contributed by atoms with Crippen LogP contribution in [0.5, 0.6) is 0 Å². The fourth-order valence-corrected chi connectivity index (χ4v) is 4.18. The van der Waals surface area contributed by atoms with Crippen LogP contribution in [0.2, 0.25) is 0 Å². The lowest BCUT2D eigenvalue weighted by atomic mass is 10.2. The molecule has 0 atom stereocenters. The number of halogens is 6. The van der Waals surface area contributed by atoms with Crippen molar-refractivity contribution in [3.63, 3.8) is 0 Å². The van der Waals surface area contributed by atoms with Crippen molar-refractivity contribution in [2.75, 3.05) is 19.0 Å². The average molecular weight is 478 g/mol. The number of rotatable bonds is 5. The van der Waals surface area contributed by atoms with Gasteiger partial charge in [-0.05, 0) is 12.1 Å². The lowest BCUT2D eigenvalue weighted by molar-refractivity contribution is -0.138. The van der Waals surface area contributed by atoms with Crippen molar-refractivity contribution in [3.05, 3.63) is 35.7 Å². The molecule has 0 N–H and O–H groups in total. The van der Waals surface area contributed by atoms with E-state index < -0.39 is 29.8 Å². The van der Waals surface area contributed by atoms with E-state index in [1.54, 1.807) is 0 Å². The second-order valence-corrected chi connectivity index (χ2v) is 8.07. The quantitative estimate of drug-likeness (QED) is 0.383. The minimum Gasteiger partial charge on any atom is -0.350 e. The van der Waals surface area contributed by atoms with Gasteiger partial charge in [0.1, 0.15) is 11.2 Å². The van der Waals surface area contributed by atoms with Crippen LogP contribution in [0, 0.1) is 0 Å². The third-order valence-electron chi connectivity index (χ3n) is 4.73. The average Bonchev–Trinajstić information content (AvgIpc) is 3.34. The fourth-order valence-electron chi connectivity index (χ4n) is 3.16. The number of fused-ring (bicyclic) bond motifs is 1. The number of thioether (sulfide) groups is 1. The van der Waals surface area contributed by atoms with Gasteiger partial charge >= 0.3 is 12.4 Å². The minimum absolute atomic E-state index is 0.0391. The predicted molar refractivity (Wildman–Crippen MR) is 103 cm³/mol. The largest absolute Gasteiger partial charge is 0.417 e. The van der Waals surface area contributed by atoms with Crippen LogP contribution in [-0.2, 0) is 28.9 Å². The van der Waals surface area contributed by atoms with Gasteiger partial charge < -0.3 is 14.0 Å². The SMILES string of the molecule is Cn1c(-c2ncc(C(F)(F)F)cc2SCCC2OCCO2)nc2cc(C(F)(F)F)cnc21. The Labute approximate surface area is 182 Å². The second kappa shape index (κ2) is 8.52. The van der Waals surface area contributed by atoms with Gasteiger partial charge in [0.05, 0.1) is 24.3 Å². The van der Waals surface area contributed by atoms with Crippen molar-refractivity contribution < 1.29 is 35.8 Å². The van der Waals surface area contributed by atoms with Crippen LogP contribution in [0.15, 0.2) is 29.4 Å². The van der Waals surface area contributed by atoms with Gasteiger partial charge in [-0.25, -0.2) is 9.97 Å². The molecule has 0 unspecified atom stereocenters. The Kier molecular flexibility index (Phi) is 6.07. The summed E-state index contributed by atoms with van der Waals surface area (Å²) in [5.41, 5.74) is -1.68. The lowest BCUT2D eigenvalue weighted by Crippen LogP contribution is -2.09. The maximum atomic E-state index is 13.2. The summed E-state index contributed by atoms with van der Waals surface area (Å²) in [6.45, 7) is 0.914. The first-order valence-corrected chi connectivity index (χ1v) is 10.4. The van der Waals surface area contributed by atoms with Gasteiger partial charge in [0, 0.05) is 36.5 Å². The van der Waals surface area contributed by atoms with Gasteiger partial charge in [-0.15, -0.1) is 11.8 Å². The summed E-state index contributed by atoms with van der Waals surface area (Å²) in [7, 11) is 1.51. The van der Waals surface area contributed by atoms with E-state index in [1.165, 1.54) is 11.6 Å². The molecule has 1 aliphatic rings. The van der Waals surface area contributed by atoms with Crippen molar-refractivity contribution in [3.8, 4) is 11.5 Å². The maximum absolute atomic E-state index is 13.2. The molecule has 3 aromatic rings. The third kappa shape index (κ3) is 4.69. The van der Waals surface area contributed by atoms with Crippen LogP contribution >= 0.6 is 11.8 Å². The van der Waals surface area contributed by atoms with E-state index >= 15 is 0 Å². The van der Waals surface area contributed by atoms with Crippen LogP contribution < -0.4 is 0 Å². The number of alkyl halides is 6. The Morgan fingerprint density at radius 3 is 2.28 bits per heavy atom. The Balaban J connectivity index is 1.72. The molecule has 4 rings (SSSR count). The molecule has 3 aromatic heterocycles. The monoisotopic (exact) mass is 478 g/mol. The van der Waals surface area contributed by atoms with Crippen LogP contribution in [-0.4, -0.2) is 44.8 Å². The molecule has 13 heteroatoms. The highest BCUT2D eigenvalue weighted by Crippen LogP contribution is 2.37. The van der Waals surface area contributed by atoms with E-state index in [-0.39, 0.29) is 27.6 Å². The van der Waals surface area contributed by atoms with Crippen molar-refractivity contribution in [1.29, 1.82) is 0 Å². The van der Waals surface area contributed by atoms with Gasteiger partial charge in [0.15, 0.2) is 17.8 Å². The van der Waals surface area contributed by atoms with Gasteiger partial charge in [-0.3, -0.25) is 4.98 Å². The Morgan fingerprint density at radius 1 is 1.00 bits per heavy atom. The van der Waals surface area contributed by atoms with E-state index in [2.05, 4.69) is 15.0 Å². The Morgan fingerprint density at radius 2 is 1.62 bits per heavy atom. The Hall–Kier alpha value is -2.38. The number of nitrogens with zero attached hydrogens (tertiary/aromatic N) is 4. The van der Waals surface area contributed by atoms with Crippen LogP contribution in [0.1, 0.15) is 17.5 Å². The number of imidazole rings is 1. The molecule has 1 aliphatic heterocycles. The van der Waals surface area contributed by atoms with Crippen LogP contribution in [0.25, 0.3) is 22.7 Å². The van der Waals surface area contributed by atoms with Gasteiger partial charge in [-0.2, -0.15) is 26.3 Å². The number of aryl methyl sites for hydroxylation is 1. The molecular weight excluding hydrogens is 462 g/mol. The molecule has 32 heavy (non-hydrogen) atoms. The van der Waals surface area contributed by atoms with Crippen molar-refractivity contribution in [2.24, 2.45) is 7.05 Å². The third-order valence-corrected chi connectivity index (χ3v) is 5.79. The predicted octanol–water partition coefficient (Wildman–Crippen LogP) is 4.92. The first-order chi connectivity index (χ1) is 15.0. The molecule has 0 saturated carbocycles. The standard InChI is InChI=1S/C19H16F6N4O2S/c1-29-16-12(6-10(9-27-16)18(20,21)22)28-17(29)15-13(7-11(8-26-15)19(23,24)25)32-5-2-14-30-3-4-31-14/h6-9,14H,2-5H2,1H3. The highest BCUT2D eigenvalue weighted by atomic mass is 32.2. The summed E-state index contributed by atoms with van der Waals surface area (Å²) < 4.78 is 90.9. The normalized spacial score (nSPS) is 15.7. The van der Waals surface area contributed by atoms with Gasteiger partial charge in [0.25, 0.3) is 0 Å². The summed E-state index contributed by atoms with van der Waals surface area (Å²) in [6, 6.07) is 1.80. The molecule has 0 aromatic carbocycles. The fraction of sp³-hybridized carbons (Fsp3) is 0.421. The number of hydrogen-bond acceptors (Lipinski definition) is 6. The molecule has 0 bridgehead atoms. The first-order valence-electron chi connectivity index (χ1n) is 9.37. The van der Waals surface area contributed by atoms with E-state index in [1.807, 2.05) is 0 Å². The second-order valence-electron chi connectivity index (χ2n) is 6.94. The van der Waals surface area contributed by atoms with E-state index in [4.69, 9.17) is 9.47 Å². The number of pyridine rings is 2. The zero-order valence-corrected chi connectivity index (χ0v) is 17.3. The summed E-state index contributed by atoms with van der Waals surface area (Å²) in [5, 5.41) is 0. The first kappa shape index (κ1) is 22.8. The number of hydrogen-bond donors (Lipinski definition) is 0. The molecule has 6 nitrogen and oxygen atoms in total. The highest BCUT2D eigenvalue weighted by molar-refractivity contribution is 7.99. The maximum Gasteiger partial charge on any atom is 0.417 e. The van der Waals surface area contributed by atoms with Crippen molar-refractivity contribution in [1.82, 2.24) is 19.5 Å². The molecular formula is C19H16F6N4O2S. The summed E-state index contributed by atoms with van der Waals surface area (Å²) in [5.74, 6) is 0.484. The lowest BCUT2D eigenvalue weighted by Gasteiger charge is -2.13. The van der Waals surface area contributed by atoms with Gasteiger partial charge in [0.2, 0.25) is 0 Å². The minimum atomic E-state index is -4.60. The molecule has 4 heterocycles. The summed E-state index contributed by atoms with van der Waals surface area (Å²) in [4.78, 5) is 12.2. The van der Waals surface area contributed by atoms with Crippen molar-refractivity contribution >= 4 is 22.9 Å². The summed E-state index contributed by atoms with van der Waals surface area (Å²) >= 11 is 1.11. The number of ether oxygens (including phenoxy) is 2. The molecule has 172 valence electrons. The zero-order chi connectivity index (χ0) is 23.1. The Bertz CT molecular complexity index is 1130. The molecule has 1 fully saturated rings. The smallest absolute Gasteiger partial charge is 0.350 e. The topological polar surface area (TPSA) is 62.1 Å². The van der Waals surface area contributed by atoms with Crippen molar-refractivity contribution in [2.45, 2.75) is 30.0 Å². The molecule has 0 amide bonds. The zero-order valence-electron chi connectivity index (χ0n) is 16.5. The molecule has 0 radical (unpaired) electrons. The van der Waals surface area contributed by atoms with Crippen LogP contribution in [0.3, 0.4) is 0 Å².